The van der Waals surface area contributed by atoms with Crippen molar-refractivity contribution in [2.45, 2.75) is 19.1 Å². The number of nitrogens with zero attached hydrogens (tertiary/aromatic N) is 1. The first-order valence-corrected chi connectivity index (χ1v) is 6.58. The number of nitrogens with one attached hydrogen (secondary N) is 1. The maximum absolute atomic E-state index is 12.8. The minimum atomic E-state index is -4.57. The Kier molecular flexibility index (Phi) is 5.82. The summed E-state index contributed by atoms with van der Waals surface area (Å²) < 4.78 is 39.1. The first-order chi connectivity index (χ1) is 9.25. The first kappa shape index (κ1) is 16.8. The van der Waals surface area contributed by atoms with E-state index in [2.05, 4.69) is 26.4 Å². The van der Waals surface area contributed by atoms with Crippen molar-refractivity contribution in [2.24, 2.45) is 16.8 Å². The Hall–Kier alpha value is -1.28. The summed E-state index contributed by atoms with van der Waals surface area (Å²) in [7, 11) is 0. The van der Waals surface area contributed by atoms with Crippen LogP contribution in [0.25, 0.3) is 0 Å². The number of hydrogen-bond acceptors (Lipinski definition) is 3. The fraction of sp³-hybridized carbons (Fsp3) is 0.417. The van der Waals surface area contributed by atoms with E-state index in [1.165, 1.54) is 0 Å². The standard InChI is InChI=1S/C12H15BrF3N3O/c1-7(8-3-2-4-9(13)5-8)18-6-10(11(17)19-20)12(14,15)16/h2-5,7,10,18,20H,6H2,1H3,(H2,17,19)/t7-,10?/m1/s1. The molecule has 0 fully saturated rings. The minimum Gasteiger partial charge on any atom is -0.409 e. The summed E-state index contributed by atoms with van der Waals surface area (Å²) in [6, 6.07) is 6.93. The van der Waals surface area contributed by atoms with E-state index >= 15 is 0 Å². The molecular weight excluding hydrogens is 339 g/mol. The molecule has 0 aliphatic heterocycles. The molecule has 112 valence electrons. The van der Waals surface area contributed by atoms with Gasteiger partial charge in [-0.15, -0.1) is 0 Å². The third-order valence-electron chi connectivity index (χ3n) is 2.84. The van der Waals surface area contributed by atoms with Gasteiger partial charge in [0.05, 0.1) is 0 Å². The smallest absolute Gasteiger partial charge is 0.400 e. The van der Waals surface area contributed by atoms with E-state index in [0.717, 1.165) is 10.0 Å². The predicted octanol–water partition coefficient (Wildman–Crippen LogP) is 3.02. The third-order valence-corrected chi connectivity index (χ3v) is 3.34. The molecule has 20 heavy (non-hydrogen) atoms. The Bertz CT molecular complexity index is 479. The molecule has 0 aromatic heterocycles. The van der Waals surface area contributed by atoms with E-state index in [1.54, 1.807) is 19.1 Å². The zero-order chi connectivity index (χ0) is 15.3. The van der Waals surface area contributed by atoms with Gasteiger partial charge in [-0.25, -0.2) is 0 Å². The van der Waals surface area contributed by atoms with Crippen LogP contribution in [0.5, 0.6) is 0 Å². The molecule has 0 aliphatic rings. The summed E-state index contributed by atoms with van der Waals surface area (Å²) in [5.41, 5.74) is 5.92. The second-order valence-electron chi connectivity index (χ2n) is 4.30. The molecule has 1 aromatic rings. The van der Waals surface area contributed by atoms with Gasteiger partial charge in [0.2, 0.25) is 0 Å². The van der Waals surface area contributed by atoms with E-state index in [4.69, 9.17) is 10.9 Å². The SMILES string of the molecule is C[C@@H](NCC(/C(N)=N/O)C(F)(F)F)c1cccc(Br)c1. The van der Waals surface area contributed by atoms with Crippen molar-refractivity contribution in [3.05, 3.63) is 34.3 Å². The molecule has 8 heteroatoms. The zero-order valence-electron chi connectivity index (χ0n) is 10.7. The molecule has 4 nitrogen and oxygen atoms in total. The van der Waals surface area contributed by atoms with Crippen LogP contribution in [0, 0.1) is 5.92 Å². The van der Waals surface area contributed by atoms with Crippen LogP contribution in [0.4, 0.5) is 13.2 Å². The van der Waals surface area contributed by atoms with Gasteiger partial charge in [0, 0.05) is 17.1 Å². The Morgan fingerprint density at radius 3 is 2.65 bits per heavy atom. The van der Waals surface area contributed by atoms with Crippen molar-refractivity contribution >= 4 is 21.8 Å². The van der Waals surface area contributed by atoms with Gasteiger partial charge < -0.3 is 16.3 Å². The van der Waals surface area contributed by atoms with E-state index in [-0.39, 0.29) is 6.04 Å². The number of nitrogens with two attached hydrogens (primary N) is 1. The molecule has 0 aliphatic carbocycles. The van der Waals surface area contributed by atoms with Crippen LogP contribution in [0.1, 0.15) is 18.5 Å². The molecule has 0 heterocycles. The number of oxime groups is 1. The highest BCUT2D eigenvalue weighted by Crippen LogP contribution is 2.27. The van der Waals surface area contributed by atoms with Crippen molar-refractivity contribution in [3.8, 4) is 0 Å². The van der Waals surface area contributed by atoms with Gasteiger partial charge in [-0.3, -0.25) is 0 Å². The lowest BCUT2D eigenvalue weighted by molar-refractivity contribution is -0.155. The second kappa shape index (κ2) is 6.94. The molecule has 4 N–H and O–H groups in total. The van der Waals surface area contributed by atoms with Gasteiger partial charge >= 0.3 is 6.18 Å². The summed E-state index contributed by atoms with van der Waals surface area (Å²) in [6.07, 6.45) is -4.57. The molecule has 0 saturated heterocycles. The molecule has 0 bridgehead atoms. The van der Waals surface area contributed by atoms with Crippen molar-refractivity contribution in [3.63, 3.8) is 0 Å². The average Bonchev–Trinajstić information content (AvgIpc) is 2.36. The number of rotatable bonds is 5. The lowest BCUT2D eigenvalue weighted by Gasteiger charge is -2.22. The Balaban J connectivity index is 2.73. The first-order valence-electron chi connectivity index (χ1n) is 5.78. The fourth-order valence-electron chi connectivity index (χ4n) is 1.65. The van der Waals surface area contributed by atoms with Crippen LogP contribution < -0.4 is 11.1 Å². The van der Waals surface area contributed by atoms with Crippen molar-refractivity contribution in [2.75, 3.05) is 6.54 Å². The van der Waals surface area contributed by atoms with E-state index in [0.29, 0.717) is 0 Å². The van der Waals surface area contributed by atoms with E-state index in [9.17, 15) is 13.2 Å². The Morgan fingerprint density at radius 1 is 1.50 bits per heavy atom. The molecule has 1 unspecified atom stereocenters. The summed E-state index contributed by atoms with van der Waals surface area (Å²) in [5, 5.41) is 13.6. The molecule has 0 spiro atoms. The highest BCUT2D eigenvalue weighted by Gasteiger charge is 2.42. The van der Waals surface area contributed by atoms with Crippen LogP contribution in [0.2, 0.25) is 0 Å². The van der Waals surface area contributed by atoms with Gasteiger partial charge in [-0.2, -0.15) is 13.2 Å². The topological polar surface area (TPSA) is 70.6 Å². The zero-order valence-corrected chi connectivity index (χ0v) is 12.2. The van der Waals surface area contributed by atoms with Gasteiger partial charge in [-0.05, 0) is 24.6 Å². The molecule has 0 saturated carbocycles. The second-order valence-corrected chi connectivity index (χ2v) is 5.22. The highest BCUT2D eigenvalue weighted by atomic mass is 79.9. The predicted molar refractivity (Wildman–Crippen MR) is 73.5 cm³/mol. The maximum Gasteiger partial charge on any atom is 0.400 e. The number of halogens is 4. The van der Waals surface area contributed by atoms with Gasteiger partial charge in [0.1, 0.15) is 5.92 Å². The summed E-state index contributed by atoms with van der Waals surface area (Å²) in [4.78, 5) is 0. The lowest BCUT2D eigenvalue weighted by Crippen LogP contribution is -2.43. The summed E-state index contributed by atoms with van der Waals surface area (Å²) in [5.74, 6) is -2.88. The normalized spacial score (nSPS) is 15.9. The van der Waals surface area contributed by atoms with Crippen LogP contribution in [-0.2, 0) is 0 Å². The minimum absolute atomic E-state index is 0.302. The van der Waals surface area contributed by atoms with E-state index < -0.39 is 24.5 Å². The quantitative estimate of drug-likeness (QED) is 0.330. The van der Waals surface area contributed by atoms with Gasteiger partial charge in [0.15, 0.2) is 5.84 Å². The van der Waals surface area contributed by atoms with Gasteiger partial charge in [0.25, 0.3) is 0 Å². The van der Waals surface area contributed by atoms with Crippen LogP contribution in [0.15, 0.2) is 33.9 Å². The van der Waals surface area contributed by atoms with Crippen LogP contribution >= 0.6 is 15.9 Å². The molecule has 1 rings (SSSR count). The van der Waals surface area contributed by atoms with Crippen molar-refractivity contribution in [1.29, 1.82) is 0 Å². The van der Waals surface area contributed by atoms with Crippen LogP contribution in [-0.4, -0.2) is 23.8 Å². The Labute approximate surface area is 123 Å². The average molecular weight is 354 g/mol. The van der Waals surface area contributed by atoms with Crippen LogP contribution in [0.3, 0.4) is 0 Å². The third kappa shape index (κ3) is 4.68. The summed E-state index contributed by atoms with van der Waals surface area (Å²) >= 11 is 3.30. The highest BCUT2D eigenvalue weighted by molar-refractivity contribution is 9.10. The monoisotopic (exact) mass is 353 g/mol. The molecule has 0 amide bonds. The van der Waals surface area contributed by atoms with Crippen molar-refractivity contribution in [1.82, 2.24) is 5.32 Å². The lowest BCUT2D eigenvalue weighted by atomic mass is 10.1. The number of amidine groups is 1. The fourth-order valence-corrected chi connectivity index (χ4v) is 2.06. The van der Waals surface area contributed by atoms with Crippen molar-refractivity contribution < 1.29 is 18.4 Å². The largest absolute Gasteiger partial charge is 0.409 e. The molecule has 1 aromatic carbocycles. The number of alkyl halides is 3. The van der Waals surface area contributed by atoms with Gasteiger partial charge in [-0.1, -0.05) is 33.2 Å². The summed E-state index contributed by atoms with van der Waals surface area (Å²) in [6.45, 7) is 1.27. The number of hydrogen-bond donors (Lipinski definition) is 3. The molecule has 0 radical (unpaired) electrons. The number of benzene rings is 1. The molecule has 2 atom stereocenters. The Morgan fingerprint density at radius 2 is 2.15 bits per heavy atom. The molecular formula is C12H15BrF3N3O. The van der Waals surface area contributed by atoms with E-state index in [1.807, 2.05) is 12.1 Å². The maximum atomic E-state index is 12.8.